The quantitative estimate of drug-likeness (QED) is 0.373. The highest BCUT2D eigenvalue weighted by atomic mass is 16.5. The summed E-state index contributed by atoms with van der Waals surface area (Å²) in [5.74, 6) is 0.711. The van der Waals surface area contributed by atoms with Gasteiger partial charge >= 0.3 is 6.03 Å². The summed E-state index contributed by atoms with van der Waals surface area (Å²) in [6.45, 7) is 9.71. The number of carbonyl (C=O) groups excluding carboxylic acids is 2. The Hall–Kier alpha value is -4.20. The molecule has 1 fully saturated rings. The van der Waals surface area contributed by atoms with Crippen LogP contribution in [0.4, 0.5) is 27.5 Å². The van der Waals surface area contributed by atoms with Gasteiger partial charge in [0.25, 0.3) is 5.91 Å². The largest absolute Gasteiger partial charge is 0.495 e. The zero-order valence-corrected chi connectivity index (χ0v) is 22.6. The number of amides is 3. The van der Waals surface area contributed by atoms with E-state index in [4.69, 9.17) is 4.74 Å². The van der Waals surface area contributed by atoms with E-state index in [2.05, 4.69) is 31.8 Å². The van der Waals surface area contributed by atoms with Crippen molar-refractivity contribution in [3.05, 3.63) is 77.4 Å². The van der Waals surface area contributed by atoms with Gasteiger partial charge in [0.05, 0.1) is 18.4 Å². The number of hydrogen-bond acceptors (Lipinski definition) is 5. The lowest BCUT2D eigenvalue weighted by Gasteiger charge is -2.38. The molecule has 0 radical (unpaired) electrons. The second kappa shape index (κ2) is 12.4. The van der Waals surface area contributed by atoms with Crippen molar-refractivity contribution in [1.82, 2.24) is 5.32 Å². The fraction of sp³-hybridized carbons (Fsp3) is 0.333. The van der Waals surface area contributed by atoms with Crippen molar-refractivity contribution in [2.24, 2.45) is 0 Å². The molecule has 4 rings (SSSR count). The number of aryl methyl sites for hydroxylation is 1. The van der Waals surface area contributed by atoms with E-state index in [0.717, 1.165) is 66.5 Å². The first-order valence-electron chi connectivity index (χ1n) is 13.1. The first-order chi connectivity index (χ1) is 18.4. The topological polar surface area (TPSA) is 85.9 Å². The Balaban J connectivity index is 1.51. The summed E-state index contributed by atoms with van der Waals surface area (Å²) in [4.78, 5) is 30.4. The second-order valence-electron chi connectivity index (χ2n) is 9.46. The molecular weight excluding hydrogens is 478 g/mol. The number of carbonyl (C=O) groups is 2. The van der Waals surface area contributed by atoms with E-state index < -0.39 is 0 Å². The zero-order chi connectivity index (χ0) is 27.1. The maximum Gasteiger partial charge on any atom is 0.323 e. The van der Waals surface area contributed by atoms with Crippen LogP contribution in [0.3, 0.4) is 0 Å². The van der Waals surface area contributed by atoms with E-state index in [1.807, 2.05) is 69.3 Å². The number of nitrogens with one attached hydrogen (secondary N) is 3. The van der Waals surface area contributed by atoms with Gasteiger partial charge < -0.3 is 30.5 Å². The van der Waals surface area contributed by atoms with Crippen LogP contribution in [0.5, 0.6) is 5.75 Å². The lowest BCUT2D eigenvalue weighted by molar-refractivity contribution is 0.0954. The minimum atomic E-state index is -0.350. The molecule has 1 aliphatic rings. The van der Waals surface area contributed by atoms with Crippen LogP contribution in [0.15, 0.2) is 60.7 Å². The van der Waals surface area contributed by atoms with Gasteiger partial charge in [0, 0.05) is 49.8 Å². The Labute approximate surface area is 225 Å². The van der Waals surface area contributed by atoms with E-state index in [-0.39, 0.29) is 11.9 Å². The molecule has 38 heavy (non-hydrogen) atoms. The third-order valence-corrected chi connectivity index (χ3v) is 6.93. The number of hydrogen-bond donors (Lipinski definition) is 3. The number of ether oxygens (including phenoxy) is 1. The SMILES string of the molecule is CCCNC(=O)c1cc(NC(=O)Nc2cccc(C)c2C)ccc1N1CCN(c2ccccc2OC)CC1. The summed E-state index contributed by atoms with van der Waals surface area (Å²) >= 11 is 0. The molecule has 200 valence electrons. The van der Waals surface area contributed by atoms with Crippen molar-refractivity contribution in [3.8, 4) is 5.75 Å². The predicted octanol–water partition coefficient (Wildman–Crippen LogP) is 5.42. The molecule has 0 spiro atoms. The van der Waals surface area contributed by atoms with Crippen LogP contribution in [0.1, 0.15) is 34.8 Å². The van der Waals surface area contributed by atoms with E-state index >= 15 is 0 Å². The highest BCUT2D eigenvalue weighted by molar-refractivity contribution is 6.04. The number of anilines is 4. The lowest BCUT2D eigenvalue weighted by Crippen LogP contribution is -2.47. The summed E-state index contributed by atoms with van der Waals surface area (Å²) in [5.41, 5.74) is 5.93. The van der Waals surface area contributed by atoms with Crippen molar-refractivity contribution in [3.63, 3.8) is 0 Å². The van der Waals surface area contributed by atoms with E-state index in [0.29, 0.717) is 17.8 Å². The Kier molecular flexibility index (Phi) is 8.73. The highest BCUT2D eigenvalue weighted by Crippen LogP contribution is 2.31. The molecule has 0 saturated carbocycles. The Bertz CT molecular complexity index is 1280. The molecule has 1 aliphatic heterocycles. The first kappa shape index (κ1) is 26.9. The first-order valence-corrected chi connectivity index (χ1v) is 13.1. The maximum absolute atomic E-state index is 13.2. The van der Waals surface area contributed by atoms with Gasteiger partial charge in [-0.3, -0.25) is 4.79 Å². The summed E-state index contributed by atoms with van der Waals surface area (Å²) in [7, 11) is 1.69. The fourth-order valence-electron chi connectivity index (χ4n) is 4.66. The molecule has 3 aromatic carbocycles. The van der Waals surface area contributed by atoms with Gasteiger partial charge in [0.1, 0.15) is 5.75 Å². The number of methoxy groups -OCH3 is 1. The average Bonchev–Trinajstić information content (AvgIpc) is 2.94. The van der Waals surface area contributed by atoms with E-state index in [1.165, 1.54) is 0 Å². The van der Waals surface area contributed by atoms with Gasteiger partial charge in [-0.1, -0.05) is 31.2 Å². The Morgan fingerprint density at radius 1 is 0.868 bits per heavy atom. The van der Waals surface area contributed by atoms with Gasteiger partial charge in [-0.05, 0) is 67.8 Å². The molecule has 3 amide bonds. The van der Waals surface area contributed by atoms with Crippen LogP contribution >= 0.6 is 0 Å². The molecule has 0 bridgehead atoms. The second-order valence-corrected chi connectivity index (χ2v) is 9.46. The molecular formula is C30H37N5O3. The molecule has 0 aromatic heterocycles. The number of nitrogens with zero attached hydrogens (tertiary/aromatic N) is 2. The van der Waals surface area contributed by atoms with Gasteiger partial charge in [-0.25, -0.2) is 4.79 Å². The van der Waals surface area contributed by atoms with Crippen molar-refractivity contribution in [1.29, 1.82) is 0 Å². The summed E-state index contributed by atoms with van der Waals surface area (Å²) < 4.78 is 5.54. The number of para-hydroxylation sites is 2. The molecule has 0 unspecified atom stereocenters. The summed E-state index contributed by atoms with van der Waals surface area (Å²) in [6, 6.07) is 19.0. The van der Waals surface area contributed by atoms with Crippen LogP contribution in [0.2, 0.25) is 0 Å². The van der Waals surface area contributed by atoms with Crippen LogP contribution in [-0.4, -0.2) is 51.8 Å². The van der Waals surface area contributed by atoms with Crippen LogP contribution < -0.4 is 30.5 Å². The molecule has 0 atom stereocenters. The number of rotatable bonds is 8. The molecule has 3 N–H and O–H groups in total. The van der Waals surface area contributed by atoms with Gasteiger partial charge in [0.2, 0.25) is 0 Å². The molecule has 1 saturated heterocycles. The Morgan fingerprint density at radius 3 is 2.29 bits per heavy atom. The number of piperazine rings is 1. The lowest BCUT2D eigenvalue weighted by atomic mass is 10.1. The number of urea groups is 1. The summed E-state index contributed by atoms with van der Waals surface area (Å²) in [5, 5.41) is 8.79. The van der Waals surface area contributed by atoms with Crippen LogP contribution in [-0.2, 0) is 0 Å². The van der Waals surface area contributed by atoms with Crippen LogP contribution in [0.25, 0.3) is 0 Å². The molecule has 8 heteroatoms. The van der Waals surface area contributed by atoms with Crippen molar-refractivity contribution < 1.29 is 14.3 Å². The van der Waals surface area contributed by atoms with Crippen molar-refractivity contribution >= 4 is 34.7 Å². The minimum Gasteiger partial charge on any atom is -0.495 e. The molecule has 8 nitrogen and oxygen atoms in total. The third kappa shape index (κ3) is 6.19. The molecule has 1 heterocycles. The third-order valence-electron chi connectivity index (χ3n) is 6.93. The van der Waals surface area contributed by atoms with Gasteiger partial charge in [0.15, 0.2) is 0 Å². The standard InChI is InChI=1S/C30H37N5O3/c1-5-15-31-29(36)24-20-23(32-30(37)33-25-10-8-9-21(2)22(25)3)13-14-26(24)34-16-18-35(19-17-34)27-11-6-7-12-28(27)38-4/h6-14,20H,5,15-19H2,1-4H3,(H,31,36)(H2,32,33,37). The van der Waals surface area contributed by atoms with E-state index in [9.17, 15) is 9.59 Å². The van der Waals surface area contributed by atoms with Gasteiger partial charge in [-0.2, -0.15) is 0 Å². The zero-order valence-electron chi connectivity index (χ0n) is 22.6. The predicted molar refractivity (Wildman–Crippen MR) is 155 cm³/mol. The monoisotopic (exact) mass is 515 g/mol. The van der Waals surface area contributed by atoms with E-state index in [1.54, 1.807) is 13.2 Å². The van der Waals surface area contributed by atoms with Crippen molar-refractivity contribution in [2.45, 2.75) is 27.2 Å². The maximum atomic E-state index is 13.2. The van der Waals surface area contributed by atoms with Crippen LogP contribution in [0, 0.1) is 13.8 Å². The normalized spacial score (nSPS) is 13.2. The minimum absolute atomic E-state index is 0.146. The smallest absolute Gasteiger partial charge is 0.323 e. The highest BCUT2D eigenvalue weighted by Gasteiger charge is 2.24. The average molecular weight is 516 g/mol. The fourth-order valence-corrected chi connectivity index (χ4v) is 4.66. The molecule has 0 aliphatic carbocycles. The molecule has 3 aromatic rings. The Morgan fingerprint density at radius 2 is 1.58 bits per heavy atom. The van der Waals surface area contributed by atoms with Crippen molar-refractivity contribution in [2.75, 3.05) is 60.3 Å². The van der Waals surface area contributed by atoms with Gasteiger partial charge in [-0.15, -0.1) is 0 Å². The number of benzene rings is 3. The summed E-state index contributed by atoms with van der Waals surface area (Å²) in [6.07, 6.45) is 0.842.